The van der Waals surface area contributed by atoms with Gasteiger partial charge in [0.15, 0.2) is 5.75 Å². The second kappa shape index (κ2) is 5.15. The largest absolute Gasteiger partial charge is 0.452 e. The molecule has 0 aliphatic carbocycles. The van der Waals surface area contributed by atoms with Crippen molar-refractivity contribution in [3.05, 3.63) is 51.0 Å². The smallest absolute Gasteiger partial charge is 0.257 e. The van der Waals surface area contributed by atoms with E-state index < -0.39 is 11.5 Å². The van der Waals surface area contributed by atoms with Crippen LogP contribution in [0.1, 0.15) is 11.1 Å². The van der Waals surface area contributed by atoms with Gasteiger partial charge in [0.25, 0.3) is 5.95 Å². The van der Waals surface area contributed by atoms with Crippen LogP contribution in [0.25, 0.3) is 0 Å². The summed E-state index contributed by atoms with van der Waals surface area (Å²) >= 11 is 9.38. The second-order valence-electron chi connectivity index (χ2n) is 5.31. The molecule has 0 amide bonds. The zero-order valence-corrected chi connectivity index (χ0v) is 14.0. The van der Waals surface area contributed by atoms with Crippen LogP contribution in [0, 0.1) is 5.95 Å². The summed E-state index contributed by atoms with van der Waals surface area (Å²) < 4.78 is 26.4. The third-order valence-electron chi connectivity index (χ3n) is 3.84. The van der Waals surface area contributed by atoms with Gasteiger partial charge in [-0.05, 0) is 24.3 Å². The van der Waals surface area contributed by atoms with Crippen LogP contribution in [0.2, 0.25) is 5.15 Å². The van der Waals surface area contributed by atoms with Gasteiger partial charge >= 0.3 is 0 Å². The minimum atomic E-state index is -1.01. The zero-order valence-electron chi connectivity index (χ0n) is 11.6. The van der Waals surface area contributed by atoms with Gasteiger partial charge in [0, 0.05) is 15.6 Å². The van der Waals surface area contributed by atoms with E-state index in [1.165, 1.54) is 6.07 Å². The molecule has 1 aromatic heterocycles. The minimum absolute atomic E-state index is 0.00808. The normalized spacial score (nSPS) is 22.1. The van der Waals surface area contributed by atoms with Crippen molar-refractivity contribution in [2.45, 2.75) is 5.54 Å². The zero-order chi connectivity index (χ0) is 16.2. The highest BCUT2D eigenvalue weighted by molar-refractivity contribution is 9.10. The summed E-state index contributed by atoms with van der Waals surface area (Å²) in [6.07, 6.45) is 0. The Morgan fingerprint density at radius 2 is 2.13 bits per heavy atom. The molecule has 1 aromatic carbocycles. The number of fused-ring (bicyclic) bond motifs is 4. The summed E-state index contributed by atoms with van der Waals surface area (Å²) in [4.78, 5) is 8.21. The molecule has 5 nitrogen and oxygen atoms in total. The van der Waals surface area contributed by atoms with Gasteiger partial charge in [-0.2, -0.15) is 4.39 Å². The fraction of sp³-hybridized carbons (Fsp3) is 0.200. The van der Waals surface area contributed by atoms with E-state index in [9.17, 15) is 4.39 Å². The summed E-state index contributed by atoms with van der Waals surface area (Å²) in [6.45, 7) is 0.426. The quantitative estimate of drug-likeness (QED) is 0.691. The number of ether oxygens (including phenoxy) is 2. The first-order valence-electron chi connectivity index (χ1n) is 6.76. The van der Waals surface area contributed by atoms with Crippen LogP contribution in [0.15, 0.2) is 33.7 Å². The Labute approximate surface area is 144 Å². The number of aromatic nitrogens is 1. The van der Waals surface area contributed by atoms with E-state index in [1.807, 2.05) is 6.07 Å². The number of halogens is 3. The van der Waals surface area contributed by atoms with E-state index in [2.05, 4.69) is 25.9 Å². The van der Waals surface area contributed by atoms with Crippen LogP contribution in [0.5, 0.6) is 11.5 Å². The predicted octanol–water partition coefficient (Wildman–Crippen LogP) is 3.37. The number of benzene rings is 1. The maximum Gasteiger partial charge on any atom is 0.257 e. The average molecular weight is 399 g/mol. The lowest BCUT2D eigenvalue weighted by Crippen LogP contribution is -2.42. The molecule has 8 heteroatoms. The number of nitrogens with two attached hydrogens (primary N) is 1. The third kappa shape index (κ3) is 2.22. The van der Waals surface area contributed by atoms with Gasteiger partial charge in [0.1, 0.15) is 28.9 Å². The van der Waals surface area contributed by atoms with E-state index in [1.54, 1.807) is 12.1 Å². The Bertz CT molecular complexity index is 861. The van der Waals surface area contributed by atoms with Crippen molar-refractivity contribution < 1.29 is 13.9 Å². The van der Waals surface area contributed by atoms with Crippen LogP contribution in [0.3, 0.4) is 0 Å². The van der Waals surface area contributed by atoms with Crippen molar-refractivity contribution in [3.8, 4) is 11.5 Å². The summed E-state index contributed by atoms with van der Waals surface area (Å²) in [6, 6.07) is 6.93. The molecule has 2 aromatic rings. The molecule has 118 valence electrons. The van der Waals surface area contributed by atoms with E-state index in [-0.39, 0.29) is 24.1 Å². The van der Waals surface area contributed by atoms with Crippen molar-refractivity contribution in [3.63, 3.8) is 0 Å². The summed E-state index contributed by atoms with van der Waals surface area (Å²) in [5.41, 5.74) is 6.06. The lowest BCUT2D eigenvalue weighted by Gasteiger charge is -2.39. The summed E-state index contributed by atoms with van der Waals surface area (Å²) in [5, 5.41) is 0.0158. The Balaban J connectivity index is 2.08. The van der Waals surface area contributed by atoms with Gasteiger partial charge < -0.3 is 15.2 Å². The summed E-state index contributed by atoms with van der Waals surface area (Å²) in [7, 11) is 0. The Kier molecular flexibility index (Phi) is 3.33. The molecule has 0 fully saturated rings. The average Bonchev–Trinajstić information content (AvgIpc) is 2.50. The molecule has 4 rings (SSSR count). The van der Waals surface area contributed by atoms with Crippen molar-refractivity contribution >= 4 is 33.4 Å². The predicted molar refractivity (Wildman–Crippen MR) is 86.6 cm³/mol. The molecule has 2 N–H and O–H groups in total. The standard InChI is InChI=1S/C15H10BrClFN3O2/c16-7-1-2-10-8(3-7)15(6-22-5-12(19)21-15)9-4-11(17)20-14(18)13(9)23-10/h1-4H,5-6H2,(H2,19,21). The first-order chi connectivity index (χ1) is 11.0. The molecule has 0 radical (unpaired) electrons. The second-order valence-corrected chi connectivity index (χ2v) is 6.61. The number of amidine groups is 1. The molecule has 0 saturated carbocycles. The molecular weight excluding hydrogens is 389 g/mol. The molecule has 1 spiro atoms. The Morgan fingerprint density at radius 1 is 1.30 bits per heavy atom. The van der Waals surface area contributed by atoms with Gasteiger partial charge in [0.2, 0.25) is 0 Å². The van der Waals surface area contributed by atoms with Gasteiger partial charge in [0.05, 0.1) is 6.61 Å². The van der Waals surface area contributed by atoms with Crippen molar-refractivity contribution in [2.75, 3.05) is 13.2 Å². The van der Waals surface area contributed by atoms with Crippen molar-refractivity contribution in [1.29, 1.82) is 0 Å². The van der Waals surface area contributed by atoms with E-state index in [0.29, 0.717) is 17.1 Å². The molecule has 3 heterocycles. The highest BCUT2D eigenvalue weighted by Crippen LogP contribution is 2.51. The number of rotatable bonds is 0. The number of nitrogens with zero attached hydrogens (tertiary/aromatic N) is 2. The Morgan fingerprint density at radius 3 is 2.91 bits per heavy atom. The van der Waals surface area contributed by atoms with Crippen LogP contribution in [-0.4, -0.2) is 24.0 Å². The molecule has 0 saturated heterocycles. The highest BCUT2D eigenvalue weighted by Gasteiger charge is 2.46. The molecule has 2 aliphatic heterocycles. The lowest BCUT2D eigenvalue weighted by molar-refractivity contribution is 0.109. The molecule has 2 aliphatic rings. The van der Waals surface area contributed by atoms with E-state index in [4.69, 9.17) is 26.8 Å². The topological polar surface area (TPSA) is 69.7 Å². The minimum Gasteiger partial charge on any atom is -0.452 e. The first kappa shape index (κ1) is 14.9. The van der Waals surface area contributed by atoms with Crippen LogP contribution >= 0.6 is 27.5 Å². The molecule has 23 heavy (non-hydrogen) atoms. The van der Waals surface area contributed by atoms with Gasteiger partial charge in [-0.15, -0.1) is 0 Å². The number of pyridine rings is 1. The maximum atomic E-state index is 14.3. The molecular formula is C15H10BrClFN3O2. The third-order valence-corrected chi connectivity index (χ3v) is 4.53. The molecule has 1 unspecified atom stereocenters. The number of hydrogen-bond acceptors (Lipinski definition) is 5. The van der Waals surface area contributed by atoms with E-state index >= 15 is 0 Å². The first-order valence-corrected chi connectivity index (χ1v) is 7.93. The van der Waals surface area contributed by atoms with E-state index in [0.717, 1.165) is 10.0 Å². The lowest BCUT2D eigenvalue weighted by atomic mass is 9.81. The van der Waals surface area contributed by atoms with Gasteiger partial charge in [-0.3, -0.25) is 4.99 Å². The van der Waals surface area contributed by atoms with Crippen molar-refractivity contribution in [2.24, 2.45) is 10.7 Å². The molecule has 1 atom stereocenters. The van der Waals surface area contributed by atoms with Crippen LogP contribution in [-0.2, 0) is 10.3 Å². The van der Waals surface area contributed by atoms with Gasteiger partial charge in [-0.1, -0.05) is 27.5 Å². The maximum absolute atomic E-state index is 14.3. The fourth-order valence-corrected chi connectivity index (χ4v) is 3.48. The SMILES string of the molecule is NC1=NC2(COC1)c1cc(Br)ccc1Oc1c2cc(Cl)nc1F. The fourth-order valence-electron chi connectivity index (χ4n) is 2.94. The van der Waals surface area contributed by atoms with Crippen LogP contribution in [0.4, 0.5) is 4.39 Å². The van der Waals surface area contributed by atoms with Crippen LogP contribution < -0.4 is 10.5 Å². The summed E-state index contributed by atoms with van der Waals surface area (Å²) in [5.74, 6) is 0.000187. The number of aliphatic imine (C=N–C) groups is 1. The Hall–Kier alpha value is -1.70. The number of hydrogen-bond donors (Lipinski definition) is 1. The van der Waals surface area contributed by atoms with Gasteiger partial charge in [-0.25, -0.2) is 4.98 Å². The monoisotopic (exact) mass is 397 g/mol. The molecule has 0 bridgehead atoms. The van der Waals surface area contributed by atoms with Crippen molar-refractivity contribution in [1.82, 2.24) is 4.98 Å². The highest BCUT2D eigenvalue weighted by atomic mass is 79.9.